The van der Waals surface area contributed by atoms with Crippen LogP contribution in [0, 0.1) is 0 Å². The van der Waals surface area contributed by atoms with E-state index in [0.717, 1.165) is 17.8 Å². The molecule has 2 atom stereocenters. The van der Waals surface area contributed by atoms with Crippen molar-refractivity contribution in [1.29, 1.82) is 0 Å². The van der Waals surface area contributed by atoms with Crippen LogP contribution in [0.15, 0.2) is 48.7 Å². The van der Waals surface area contributed by atoms with Crippen molar-refractivity contribution in [3.05, 3.63) is 48.7 Å². The molecule has 0 bridgehead atoms. The summed E-state index contributed by atoms with van der Waals surface area (Å²) in [4.78, 5) is 0. The van der Waals surface area contributed by atoms with Crippen LogP contribution in [0.4, 0.5) is 0 Å². The van der Waals surface area contributed by atoms with Gasteiger partial charge in [0.1, 0.15) is 0 Å². The highest BCUT2D eigenvalue weighted by molar-refractivity contribution is 7.14. The number of rotatable bonds is 6. The normalized spacial score (nSPS) is 12.5. The molecule has 13 heavy (non-hydrogen) atoms. The second-order valence-electron chi connectivity index (χ2n) is 2.27. The summed E-state index contributed by atoms with van der Waals surface area (Å²) in [6, 6.07) is 0. The van der Waals surface area contributed by atoms with Crippen LogP contribution in [0.2, 0.25) is 0 Å². The van der Waals surface area contributed by atoms with Crippen molar-refractivity contribution < 1.29 is 0 Å². The van der Waals surface area contributed by atoms with E-state index in [1.54, 1.807) is 12.2 Å². The van der Waals surface area contributed by atoms with Gasteiger partial charge in [0.2, 0.25) is 0 Å². The van der Waals surface area contributed by atoms with Crippen LogP contribution in [0.25, 0.3) is 0 Å². The predicted octanol–water partition coefficient (Wildman–Crippen LogP) is 1.93. The average Bonchev–Trinajstić information content (AvgIpc) is 2.14. The Hall–Kier alpha value is -0.420. The molecule has 0 fully saturated rings. The zero-order chi connectivity index (χ0) is 10.1. The molecule has 0 aromatic heterocycles. The van der Waals surface area contributed by atoms with E-state index >= 15 is 0 Å². The second-order valence-corrected chi connectivity index (χ2v) is 2.97. The van der Waals surface area contributed by atoms with Crippen LogP contribution in [0.1, 0.15) is 0 Å². The molecule has 0 amide bonds. The molecule has 0 aliphatic carbocycles. The maximum absolute atomic E-state index is 3.66. The molecule has 0 saturated carbocycles. The van der Waals surface area contributed by atoms with Gasteiger partial charge in [-0.1, -0.05) is 40.8 Å². The summed E-state index contributed by atoms with van der Waals surface area (Å²) in [7, 11) is 4.92. The number of hydrogen-bond acceptors (Lipinski definition) is 2. The van der Waals surface area contributed by atoms with Gasteiger partial charge in [0.15, 0.2) is 0 Å². The standard InChI is InChI=1S/C9H16N2P2/c1-3-5-8(7-10-12)9(11-13)6-4-2/h3-6,10-11H,1-2,7,12-13H2/b8-5-,9-6+. The van der Waals surface area contributed by atoms with Gasteiger partial charge in [-0.3, -0.25) is 5.09 Å². The van der Waals surface area contributed by atoms with Crippen molar-refractivity contribution in [3.8, 4) is 0 Å². The largest absolute Gasteiger partial charge is 0.369 e. The first-order chi connectivity index (χ1) is 6.29. The Bertz CT molecular complexity index is 232. The summed E-state index contributed by atoms with van der Waals surface area (Å²) in [5.74, 6) is 0. The summed E-state index contributed by atoms with van der Waals surface area (Å²) < 4.78 is 0. The topological polar surface area (TPSA) is 24.1 Å². The van der Waals surface area contributed by atoms with Crippen molar-refractivity contribution >= 4 is 18.8 Å². The molecule has 0 radical (unpaired) electrons. The molecule has 2 unspecified atom stereocenters. The average molecular weight is 214 g/mol. The fourth-order valence-corrected chi connectivity index (χ4v) is 1.36. The van der Waals surface area contributed by atoms with Gasteiger partial charge in [-0.25, -0.2) is 0 Å². The molecular weight excluding hydrogens is 198 g/mol. The van der Waals surface area contributed by atoms with E-state index in [-0.39, 0.29) is 0 Å². The lowest BCUT2D eigenvalue weighted by atomic mass is 10.1. The van der Waals surface area contributed by atoms with Crippen molar-refractivity contribution in [2.45, 2.75) is 0 Å². The highest BCUT2D eigenvalue weighted by Crippen LogP contribution is 2.08. The van der Waals surface area contributed by atoms with E-state index in [4.69, 9.17) is 0 Å². The predicted molar refractivity (Wildman–Crippen MR) is 67.1 cm³/mol. The fourth-order valence-electron chi connectivity index (χ4n) is 0.862. The van der Waals surface area contributed by atoms with Gasteiger partial charge < -0.3 is 5.09 Å². The van der Waals surface area contributed by atoms with Crippen LogP contribution < -0.4 is 10.2 Å². The van der Waals surface area contributed by atoms with Gasteiger partial charge in [0.05, 0.1) is 0 Å². The minimum atomic E-state index is 0.762. The Morgan fingerprint density at radius 2 is 1.77 bits per heavy atom. The molecule has 2 N–H and O–H groups in total. The van der Waals surface area contributed by atoms with Crippen molar-refractivity contribution in [2.75, 3.05) is 6.54 Å². The maximum atomic E-state index is 3.66. The quantitative estimate of drug-likeness (QED) is 0.521. The SMILES string of the molecule is C=C/C=C(CNP)\C(=C/C=C)NP. The Morgan fingerprint density at radius 3 is 2.15 bits per heavy atom. The van der Waals surface area contributed by atoms with Crippen molar-refractivity contribution in [1.82, 2.24) is 10.2 Å². The lowest BCUT2D eigenvalue weighted by Crippen LogP contribution is -2.11. The summed E-state index contributed by atoms with van der Waals surface area (Å²) in [6.07, 6.45) is 7.36. The third-order valence-electron chi connectivity index (χ3n) is 1.40. The Kier molecular flexibility index (Phi) is 7.93. The summed E-state index contributed by atoms with van der Waals surface area (Å²) in [6.45, 7) is 8.07. The first-order valence-corrected chi connectivity index (χ1v) is 5.00. The van der Waals surface area contributed by atoms with E-state index in [0.29, 0.717) is 0 Å². The Morgan fingerprint density at radius 1 is 1.15 bits per heavy atom. The molecule has 72 valence electrons. The van der Waals surface area contributed by atoms with Gasteiger partial charge in [-0.05, 0) is 21.0 Å². The Balaban J connectivity index is 4.68. The van der Waals surface area contributed by atoms with E-state index in [1.807, 2.05) is 12.2 Å². The number of allylic oxidation sites excluding steroid dienone is 4. The minimum absolute atomic E-state index is 0.762. The minimum Gasteiger partial charge on any atom is -0.369 e. The van der Waals surface area contributed by atoms with Gasteiger partial charge in [-0.2, -0.15) is 0 Å². The third-order valence-corrected chi connectivity index (χ3v) is 1.91. The summed E-state index contributed by atoms with van der Waals surface area (Å²) in [5, 5.41) is 6.02. The molecule has 0 heterocycles. The van der Waals surface area contributed by atoms with Gasteiger partial charge in [0.25, 0.3) is 0 Å². The zero-order valence-electron chi connectivity index (χ0n) is 7.59. The molecule has 0 aromatic carbocycles. The highest BCUT2D eigenvalue weighted by atomic mass is 31.0. The van der Waals surface area contributed by atoms with E-state index in [1.165, 1.54) is 0 Å². The molecule has 0 aliphatic heterocycles. The van der Waals surface area contributed by atoms with E-state index in [2.05, 4.69) is 42.1 Å². The van der Waals surface area contributed by atoms with E-state index < -0.39 is 0 Å². The lowest BCUT2D eigenvalue weighted by Gasteiger charge is -2.09. The molecule has 4 heteroatoms. The Labute approximate surface area is 84.8 Å². The smallest absolute Gasteiger partial charge is 0.0414 e. The van der Waals surface area contributed by atoms with Crippen molar-refractivity contribution in [2.24, 2.45) is 0 Å². The second kappa shape index (κ2) is 8.19. The van der Waals surface area contributed by atoms with Crippen molar-refractivity contribution in [3.63, 3.8) is 0 Å². The summed E-state index contributed by atoms with van der Waals surface area (Å²) in [5.41, 5.74) is 2.13. The highest BCUT2D eigenvalue weighted by Gasteiger charge is 1.99. The number of hydrogen-bond donors (Lipinski definition) is 2. The monoisotopic (exact) mass is 214 g/mol. The molecule has 2 nitrogen and oxygen atoms in total. The van der Waals surface area contributed by atoms with Crippen LogP contribution in [0.3, 0.4) is 0 Å². The number of nitrogens with one attached hydrogen (secondary N) is 2. The molecule has 0 spiro atoms. The van der Waals surface area contributed by atoms with E-state index in [9.17, 15) is 0 Å². The molecule has 0 saturated heterocycles. The molecular formula is C9H16N2P2. The third kappa shape index (κ3) is 5.00. The van der Waals surface area contributed by atoms with Gasteiger partial charge >= 0.3 is 0 Å². The van der Waals surface area contributed by atoms with Crippen LogP contribution >= 0.6 is 18.8 Å². The molecule has 0 rings (SSSR count). The van der Waals surface area contributed by atoms with Gasteiger partial charge in [0, 0.05) is 12.2 Å². The van der Waals surface area contributed by atoms with Crippen LogP contribution in [-0.4, -0.2) is 6.54 Å². The fraction of sp³-hybridized carbons (Fsp3) is 0.111. The molecule has 0 aromatic rings. The van der Waals surface area contributed by atoms with Gasteiger partial charge in [-0.15, -0.1) is 0 Å². The first kappa shape index (κ1) is 12.6. The lowest BCUT2D eigenvalue weighted by molar-refractivity contribution is 1.03. The zero-order valence-corrected chi connectivity index (χ0v) is 9.89. The first-order valence-electron chi connectivity index (χ1n) is 3.84. The van der Waals surface area contributed by atoms with Crippen LogP contribution in [-0.2, 0) is 0 Å². The summed E-state index contributed by atoms with van der Waals surface area (Å²) >= 11 is 0. The molecule has 0 aliphatic rings. The maximum Gasteiger partial charge on any atom is 0.0414 e. The van der Waals surface area contributed by atoms with Crippen LogP contribution in [0.5, 0.6) is 0 Å².